The fraction of sp³-hybridized carbons (Fsp3) is 0.133. The van der Waals surface area contributed by atoms with E-state index in [1.807, 2.05) is 25.1 Å². The third-order valence-electron chi connectivity index (χ3n) is 3.36. The largest absolute Gasteiger partial charge is 0.375 e. The number of para-hydroxylation sites is 1. The van der Waals surface area contributed by atoms with Gasteiger partial charge >= 0.3 is 5.69 Å². The molecule has 4 nitrogen and oxygen atoms in total. The summed E-state index contributed by atoms with van der Waals surface area (Å²) in [5.74, 6) is -0.398. The summed E-state index contributed by atoms with van der Waals surface area (Å²) in [5, 5.41) is 3.39. The van der Waals surface area contributed by atoms with Crippen LogP contribution in [0.2, 0.25) is 5.02 Å². The Kier molecular flexibility index (Phi) is 3.43. The minimum absolute atomic E-state index is 0.165. The summed E-state index contributed by atoms with van der Waals surface area (Å²) in [6.45, 7) is 1.90. The van der Waals surface area contributed by atoms with Crippen molar-refractivity contribution < 1.29 is 4.39 Å². The van der Waals surface area contributed by atoms with Gasteiger partial charge in [0.05, 0.1) is 21.7 Å². The molecule has 0 aliphatic rings. The van der Waals surface area contributed by atoms with E-state index >= 15 is 0 Å². The highest BCUT2D eigenvalue weighted by molar-refractivity contribution is 6.33. The molecule has 2 aromatic carbocycles. The van der Waals surface area contributed by atoms with Crippen molar-refractivity contribution in [3.05, 3.63) is 63.3 Å². The first-order chi connectivity index (χ1) is 10.0. The third kappa shape index (κ3) is 2.64. The van der Waals surface area contributed by atoms with E-state index in [0.717, 1.165) is 11.1 Å². The lowest BCUT2D eigenvalue weighted by atomic mass is 10.1. The first-order valence-corrected chi connectivity index (χ1v) is 6.85. The molecule has 0 bridgehead atoms. The number of rotatable bonds is 3. The maximum absolute atomic E-state index is 13.8. The molecule has 3 aromatic rings. The average Bonchev–Trinajstić information content (AvgIpc) is 2.81. The second-order valence-corrected chi connectivity index (χ2v) is 5.25. The lowest BCUT2D eigenvalue weighted by Crippen LogP contribution is -2.08. The van der Waals surface area contributed by atoms with E-state index in [9.17, 15) is 9.18 Å². The van der Waals surface area contributed by atoms with Crippen LogP contribution in [0, 0.1) is 5.82 Å². The normalized spacial score (nSPS) is 12.5. The molecule has 0 aliphatic carbocycles. The molecule has 21 heavy (non-hydrogen) atoms. The van der Waals surface area contributed by atoms with Gasteiger partial charge in [0, 0.05) is 6.04 Å². The Morgan fingerprint density at radius 3 is 2.71 bits per heavy atom. The van der Waals surface area contributed by atoms with Gasteiger partial charge in [-0.3, -0.25) is 0 Å². The van der Waals surface area contributed by atoms with Crippen molar-refractivity contribution in [1.29, 1.82) is 0 Å². The molecule has 0 radical (unpaired) electrons. The van der Waals surface area contributed by atoms with Gasteiger partial charge in [-0.1, -0.05) is 23.7 Å². The molecular weight excluding hydrogens is 293 g/mol. The topological polar surface area (TPSA) is 60.7 Å². The van der Waals surface area contributed by atoms with Crippen molar-refractivity contribution in [2.75, 3.05) is 5.32 Å². The second kappa shape index (κ2) is 5.26. The number of hydrogen-bond donors (Lipinski definition) is 3. The lowest BCUT2D eigenvalue weighted by Gasteiger charge is -2.17. The maximum atomic E-state index is 13.8. The minimum atomic E-state index is -0.398. The predicted molar refractivity (Wildman–Crippen MR) is 82.4 cm³/mol. The van der Waals surface area contributed by atoms with E-state index in [1.54, 1.807) is 12.1 Å². The Hall–Kier alpha value is -2.27. The Labute approximate surface area is 125 Å². The van der Waals surface area contributed by atoms with Gasteiger partial charge in [0.25, 0.3) is 0 Å². The summed E-state index contributed by atoms with van der Waals surface area (Å²) < 4.78 is 13.8. The molecule has 1 aromatic heterocycles. The number of hydrogen-bond acceptors (Lipinski definition) is 2. The van der Waals surface area contributed by atoms with Crippen molar-refractivity contribution in [3.8, 4) is 0 Å². The van der Waals surface area contributed by atoms with Crippen LogP contribution in [-0.2, 0) is 0 Å². The predicted octanol–water partition coefficient (Wildman–Crippen LogP) is 3.82. The molecular formula is C15H13ClFN3O. The van der Waals surface area contributed by atoms with Gasteiger partial charge in [-0.2, -0.15) is 0 Å². The van der Waals surface area contributed by atoms with Crippen molar-refractivity contribution in [2.24, 2.45) is 0 Å². The van der Waals surface area contributed by atoms with Crippen LogP contribution in [0.25, 0.3) is 11.0 Å². The van der Waals surface area contributed by atoms with Gasteiger partial charge in [-0.15, -0.1) is 0 Å². The van der Waals surface area contributed by atoms with Crippen LogP contribution in [-0.4, -0.2) is 9.97 Å². The molecule has 0 saturated carbocycles. The molecule has 3 N–H and O–H groups in total. The highest BCUT2D eigenvalue weighted by Gasteiger charge is 2.12. The molecule has 0 spiro atoms. The SMILES string of the molecule is CC(Nc1c(F)cccc1Cl)c1ccc2[nH]c(=O)[nH]c2c1. The molecule has 108 valence electrons. The standard InChI is InChI=1S/C15H13ClFN3O/c1-8(18-14-10(16)3-2-4-11(14)17)9-5-6-12-13(7-9)20-15(21)19-12/h2-8,18H,1H3,(H2,19,20,21). The zero-order valence-corrected chi connectivity index (χ0v) is 12.0. The fourth-order valence-electron chi connectivity index (χ4n) is 2.26. The molecule has 0 amide bonds. The van der Waals surface area contributed by atoms with Crippen molar-refractivity contribution in [1.82, 2.24) is 9.97 Å². The summed E-state index contributed by atoms with van der Waals surface area (Å²) in [5.41, 5.74) is 2.39. The molecule has 3 rings (SSSR count). The average molecular weight is 306 g/mol. The van der Waals surface area contributed by atoms with Crippen LogP contribution in [0.1, 0.15) is 18.5 Å². The van der Waals surface area contributed by atoms with E-state index in [1.165, 1.54) is 6.07 Å². The van der Waals surface area contributed by atoms with Gasteiger partial charge in [-0.25, -0.2) is 9.18 Å². The first-order valence-electron chi connectivity index (χ1n) is 6.47. The molecule has 1 unspecified atom stereocenters. The monoisotopic (exact) mass is 305 g/mol. The smallest absolute Gasteiger partial charge is 0.323 e. The van der Waals surface area contributed by atoms with Crippen LogP contribution in [0.5, 0.6) is 0 Å². The highest BCUT2D eigenvalue weighted by Crippen LogP contribution is 2.29. The molecule has 0 aliphatic heterocycles. The molecule has 6 heteroatoms. The van der Waals surface area contributed by atoms with E-state index < -0.39 is 5.82 Å². The number of aromatic amines is 2. The van der Waals surface area contributed by atoms with Gasteiger partial charge < -0.3 is 15.3 Å². The zero-order valence-electron chi connectivity index (χ0n) is 11.2. The van der Waals surface area contributed by atoms with E-state index in [-0.39, 0.29) is 17.4 Å². The number of aromatic nitrogens is 2. The number of fused-ring (bicyclic) bond motifs is 1. The Morgan fingerprint density at radius 1 is 1.19 bits per heavy atom. The van der Waals surface area contributed by atoms with Gasteiger partial charge in [0.1, 0.15) is 5.82 Å². The molecule has 0 saturated heterocycles. The van der Waals surface area contributed by atoms with Crippen molar-refractivity contribution in [3.63, 3.8) is 0 Å². The Balaban J connectivity index is 1.93. The molecule has 1 atom stereocenters. The summed E-state index contributed by atoms with van der Waals surface area (Å²) >= 11 is 6.00. The number of H-pyrrole nitrogens is 2. The maximum Gasteiger partial charge on any atom is 0.323 e. The van der Waals surface area contributed by atoms with Crippen LogP contribution < -0.4 is 11.0 Å². The summed E-state index contributed by atoms with van der Waals surface area (Å²) in [6.07, 6.45) is 0. The first kappa shape index (κ1) is 13.7. The number of imidazole rings is 1. The summed E-state index contributed by atoms with van der Waals surface area (Å²) in [7, 11) is 0. The Bertz CT molecular complexity index is 835. The number of anilines is 1. The second-order valence-electron chi connectivity index (χ2n) is 4.85. The van der Waals surface area contributed by atoms with E-state index in [4.69, 9.17) is 11.6 Å². The summed E-state index contributed by atoms with van der Waals surface area (Å²) in [6, 6.07) is 9.91. The van der Waals surface area contributed by atoms with Crippen LogP contribution >= 0.6 is 11.6 Å². The number of nitrogens with one attached hydrogen (secondary N) is 3. The highest BCUT2D eigenvalue weighted by atomic mass is 35.5. The van der Waals surface area contributed by atoms with Crippen LogP contribution in [0.4, 0.5) is 10.1 Å². The Morgan fingerprint density at radius 2 is 1.95 bits per heavy atom. The van der Waals surface area contributed by atoms with Crippen LogP contribution in [0.15, 0.2) is 41.2 Å². The quantitative estimate of drug-likeness (QED) is 0.689. The summed E-state index contributed by atoms with van der Waals surface area (Å²) in [4.78, 5) is 16.6. The fourth-order valence-corrected chi connectivity index (χ4v) is 2.47. The van der Waals surface area contributed by atoms with E-state index in [0.29, 0.717) is 10.5 Å². The minimum Gasteiger partial charge on any atom is -0.375 e. The van der Waals surface area contributed by atoms with E-state index in [2.05, 4.69) is 15.3 Å². The number of benzene rings is 2. The van der Waals surface area contributed by atoms with Gasteiger partial charge in [-0.05, 0) is 36.8 Å². The number of halogens is 2. The molecule has 0 fully saturated rings. The van der Waals surface area contributed by atoms with Crippen LogP contribution in [0.3, 0.4) is 0 Å². The van der Waals surface area contributed by atoms with Crippen molar-refractivity contribution in [2.45, 2.75) is 13.0 Å². The van der Waals surface area contributed by atoms with Gasteiger partial charge in [0.15, 0.2) is 0 Å². The zero-order chi connectivity index (χ0) is 15.0. The lowest BCUT2D eigenvalue weighted by molar-refractivity contribution is 0.627. The third-order valence-corrected chi connectivity index (χ3v) is 3.68. The molecule has 1 heterocycles. The van der Waals surface area contributed by atoms with Crippen molar-refractivity contribution >= 4 is 28.3 Å². The van der Waals surface area contributed by atoms with Gasteiger partial charge in [0.2, 0.25) is 0 Å².